The molecule has 0 radical (unpaired) electrons. The molecule has 6 nitrogen and oxygen atoms in total. The summed E-state index contributed by atoms with van der Waals surface area (Å²) in [5, 5.41) is 0. The van der Waals surface area contributed by atoms with Crippen LogP contribution in [0.4, 0.5) is 0 Å². The van der Waals surface area contributed by atoms with E-state index in [0.717, 1.165) is 58.2 Å². The Morgan fingerprint density at radius 3 is 1.79 bits per heavy atom. The Hall–Kier alpha value is -1.59. The maximum absolute atomic E-state index is 13.5. The minimum atomic E-state index is -0.264. The SMILES string of the molecule is CCCCCCCN(C)C(=O)CCN(C)C(=O)C1CCCCC1C(=O)N(CC(C)C)CC(C)C. The van der Waals surface area contributed by atoms with Crippen molar-refractivity contribution in [3.8, 4) is 0 Å². The Labute approximate surface area is 209 Å². The van der Waals surface area contributed by atoms with E-state index in [-0.39, 0.29) is 29.6 Å². The number of nitrogens with zero attached hydrogens (tertiary/aromatic N) is 3. The topological polar surface area (TPSA) is 60.9 Å². The number of hydrogen-bond acceptors (Lipinski definition) is 3. The van der Waals surface area contributed by atoms with Gasteiger partial charge in [-0.15, -0.1) is 0 Å². The Kier molecular flexibility index (Phi) is 14.5. The second-order valence-corrected chi connectivity index (χ2v) is 11.3. The molecule has 0 bridgehead atoms. The van der Waals surface area contributed by atoms with E-state index in [2.05, 4.69) is 34.6 Å². The number of amides is 3. The third-order valence-corrected chi connectivity index (χ3v) is 6.94. The van der Waals surface area contributed by atoms with Crippen LogP contribution in [0.3, 0.4) is 0 Å². The summed E-state index contributed by atoms with van der Waals surface area (Å²) < 4.78 is 0. The molecule has 0 heterocycles. The van der Waals surface area contributed by atoms with Crippen molar-refractivity contribution in [1.29, 1.82) is 0 Å². The third kappa shape index (κ3) is 10.8. The van der Waals surface area contributed by atoms with Crippen molar-refractivity contribution >= 4 is 17.7 Å². The first-order valence-corrected chi connectivity index (χ1v) is 13.9. The molecule has 0 aromatic rings. The van der Waals surface area contributed by atoms with Gasteiger partial charge in [-0.3, -0.25) is 14.4 Å². The molecule has 0 saturated heterocycles. The van der Waals surface area contributed by atoms with E-state index >= 15 is 0 Å². The molecule has 1 rings (SSSR count). The van der Waals surface area contributed by atoms with Gasteiger partial charge in [0, 0.05) is 58.5 Å². The first-order valence-electron chi connectivity index (χ1n) is 13.9. The molecule has 1 saturated carbocycles. The average Bonchev–Trinajstić information content (AvgIpc) is 2.80. The van der Waals surface area contributed by atoms with Gasteiger partial charge in [0.1, 0.15) is 0 Å². The largest absolute Gasteiger partial charge is 0.346 e. The second kappa shape index (κ2) is 16.1. The highest BCUT2D eigenvalue weighted by molar-refractivity contribution is 5.88. The van der Waals surface area contributed by atoms with E-state index in [0.29, 0.717) is 24.8 Å². The van der Waals surface area contributed by atoms with Gasteiger partial charge in [-0.1, -0.05) is 73.1 Å². The molecule has 2 atom stereocenters. The van der Waals surface area contributed by atoms with Crippen LogP contribution in [0.2, 0.25) is 0 Å². The number of hydrogen-bond donors (Lipinski definition) is 0. The lowest BCUT2D eigenvalue weighted by molar-refractivity contribution is -0.148. The molecule has 34 heavy (non-hydrogen) atoms. The number of rotatable bonds is 15. The molecular weight excluding hydrogens is 426 g/mol. The zero-order valence-electron chi connectivity index (χ0n) is 23.3. The van der Waals surface area contributed by atoms with E-state index in [9.17, 15) is 14.4 Å². The number of unbranched alkanes of at least 4 members (excludes halogenated alkanes) is 4. The average molecular weight is 480 g/mol. The van der Waals surface area contributed by atoms with Crippen LogP contribution in [0.1, 0.15) is 98.8 Å². The van der Waals surface area contributed by atoms with Crippen LogP contribution in [-0.2, 0) is 14.4 Å². The molecule has 1 aliphatic rings. The summed E-state index contributed by atoms with van der Waals surface area (Å²) in [6.07, 6.45) is 9.77. The van der Waals surface area contributed by atoms with Crippen LogP contribution in [0.5, 0.6) is 0 Å². The molecule has 1 aliphatic carbocycles. The Balaban J connectivity index is 2.66. The zero-order chi connectivity index (χ0) is 25.7. The van der Waals surface area contributed by atoms with E-state index in [1.807, 2.05) is 11.9 Å². The van der Waals surface area contributed by atoms with Crippen LogP contribution in [0, 0.1) is 23.7 Å². The predicted octanol–water partition coefficient (Wildman–Crippen LogP) is 5.21. The lowest BCUT2D eigenvalue weighted by Gasteiger charge is -2.37. The molecule has 198 valence electrons. The summed E-state index contributed by atoms with van der Waals surface area (Å²) in [6, 6.07) is 0. The van der Waals surface area contributed by atoms with Gasteiger partial charge in [0.15, 0.2) is 0 Å². The van der Waals surface area contributed by atoms with Gasteiger partial charge in [-0.05, 0) is 31.1 Å². The quantitative estimate of drug-likeness (QED) is 0.303. The van der Waals surface area contributed by atoms with Crippen LogP contribution >= 0.6 is 0 Å². The fourth-order valence-corrected chi connectivity index (χ4v) is 5.02. The fraction of sp³-hybridized carbons (Fsp3) is 0.893. The summed E-state index contributed by atoms with van der Waals surface area (Å²) in [4.78, 5) is 44.9. The molecule has 0 spiro atoms. The summed E-state index contributed by atoms with van der Waals surface area (Å²) in [5.74, 6) is 0.569. The molecule has 0 aromatic carbocycles. The normalized spacial score (nSPS) is 18.3. The van der Waals surface area contributed by atoms with E-state index in [4.69, 9.17) is 0 Å². The molecule has 0 N–H and O–H groups in total. The van der Waals surface area contributed by atoms with Crippen molar-refractivity contribution in [3.05, 3.63) is 0 Å². The van der Waals surface area contributed by atoms with Crippen LogP contribution < -0.4 is 0 Å². The summed E-state index contributed by atoms with van der Waals surface area (Å²) in [5.41, 5.74) is 0. The molecule has 0 aromatic heterocycles. The highest BCUT2D eigenvalue weighted by Crippen LogP contribution is 2.33. The zero-order valence-corrected chi connectivity index (χ0v) is 23.3. The number of carbonyl (C=O) groups is 3. The molecular formula is C28H53N3O3. The van der Waals surface area contributed by atoms with Crippen LogP contribution in [-0.4, -0.2) is 72.7 Å². The second-order valence-electron chi connectivity index (χ2n) is 11.3. The Morgan fingerprint density at radius 2 is 1.26 bits per heavy atom. The van der Waals surface area contributed by atoms with Gasteiger partial charge in [-0.25, -0.2) is 0 Å². The smallest absolute Gasteiger partial charge is 0.226 e. The van der Waals surface area contributed by atoms with Crippen molar-refractivity contribution in [2.24, 2.45) is 23.7 Å². The summed E-state index contributed by atoms with van der Waals surface area (Å²) >= 11 is 0. The van der Waals surface area contributed by atoms with Crippen molar-refractivity contribution in [1.82, 2.24) is 14.7 Å². The molecule has 2 unspecified atom stereocenters. The fourth-order valence-electron chi connectivity index (χ4n) is 5.02. The first kappa shape index (κ1) is 30.4. The molecule has 6 heteroatoms. The lowest BCUT2D eigenvalue weighted by Crippen LogP contribution is -2.48. The van der Waals surface area contributed by atoms with Gasteiger partial charge in [0.05, 0.1) is 0 Å². The minimum absolute atomic E-state index is 0.0297. The standard InChI is InChI=1S/C28H53N3O3/c1-8-9-10-11-14-18-29(6)26(32)17-19-30(7)27(33)24-15-12-13-16-25(24)28(34)31(20-22(2)3)21-23(4)5/h22-25H,8-21H2,1-7H3. The highest BCUT2D eigenvalue weighted by atomic mass is 16.2. The lowest BCUT2D eigenvalue weighted by atomic mass is 9.77. The molecule has 1 fully saturated rings. The van der Waals surface area contributed by atoms with E-state index < -0.39 is 0 Å². The van der Waals surface area contributed by atoms with Crippen molar-refractivity contribution < 1.29 is 14.4 Å². The van der Waals surface area contributed by atoms with Gasteiger partial charge < -0.3 is 14.7 Å². The van der Waals surface area contributed by atoms with E-state index in [1.165, 1.54) is 19.3 Å². The predicted molar refractivity (Wildman–Crippen MR) is 140 cm³/mol. The Bertz CT molecular complexity index is 610. The highest BCUT2D eigenvalue weighted by Gasteiger charge is 2.39. The monoisotopic (exact) mass is 479 g/mol. The third-order valence-electron chi connectivity index (χ3n) is 6.94. The molecule has 0 aliphatic heterocycles. The van der Waals surface area contributed by atoms with Crippen LogP contribution in [0.15, 0.2) is 0 Å². The van der Waals surface area contributed by atoms with Gasteiger partial charge >= 0.3 is 0 Å². The summed E-state index contributed by atoms with van der Waals surface area (Å²) in [6.45, 7) is 13.4. The Morgan fingerprint density at radius 1 is 0.735 bits per heavy atom. The van der Waals surface area contributed by atoms with Crippen molar-refractivity contribution in [2.75, 3.05) is 40.3 Å². The molecule has 3 amide bonds. The van der Waals surface area contributed by atoms with Gasteiger partial charge in [0.2, 0.25) is 17.7 Å². The van der Waals surface area contributed by atoms with Gasteiger partial charge in [0.25, 0.3) is 0 Å². The van der Waals surface area contributed by atoms with Crippen molar-refractivity contribution in [2.45, 2.75) is 98.8 Å². The minimum Gasteiger partial charge on any atom is -0.346 e. The summed E-state index contributed by atoms with van der Waals surface area (Å²) in [7, 11) is 3.65. The van der Waals surface area contributed by atoms with Gasteiger partial charge in [-0.2, -0.15) is 0 Å². The maximum atomic E-state index is 13.5. The maximum Gasteiger partial charge on any atom is 0.226 e. The van der Waals surface area contributed by atoms with Crippen LogP contribution in [0.25, 0.3) is 0 Å². The first-order chi connectivity index (χ1) is 16.1. The van der Waals surface area contributed by atoms with E-state index in [1.54, 1.807) is 16.8 Å². The van der Waals surface area contributed by atoms with Crippen molar-refractivity contribution in [3.63, 3.8) is 0 Å². The number of carbonyl (C=O) groups excluding carboxylic acids is 3.